The van der Waals surface area contributed by atoms with E-state index in [1.54, 1.807) is 0 Å². The second-order valence-corrected chi connectivity index (χ2v) is 3.46. The van der Waals surface area contributed by atoms with Crippen molar-refractivity contribution >= 4 is 5.97 Å². The molecule has 0 aliphatic carbocycles. The number of hydrogen-bond acceptors (Lipinski definition) is 2. The molecule has 0 atom stereocenters. The van der Waals surface area contributed by atoms with E-state index in [9.17, 15) is 4.79 Å². The quantitative estimate of drug-likeness (QED) is 0.486. The number of aliphatic carboxylic acids is 1. The third-order valence-corrected chi connectivity index (χ3v) is 2.35. The van der Waals surface area contributed by atoms with Crippen LogP contribution in [0.5, 0.6) is 0 Å². The smallest absolute Gasteiger partial charge is 0.304 e. The van der Waals surface area contributed by atoms with Crippen LogP contribution in [0.25, 0.3) is 0 Å². The number of hydrogen-bond donors (Lipinski definition) is 1. The van der Waals surface area contributed by atoms with Crippen LogP contribution in [-0.2, 0) is 4.79 Å². The predicted molar refractivity (Wildman–Crippen MR) is 47.5 cm³/mol. The molecular formula is C8H19N2O2+. The molecule has 0 aromatic heterocycles. The molecule has 0 rings (SSSR count). The summed E-state index contributed by atoms with van der Waals surface area (Å²) in [5, 5.41) is 10.5. The van der Waals surface area contributed by atoms with Crippen LogP contribution in [0, 0.1) is 0 Å². The van der Waals surface area contributed by atoms with Crippen molar-refractivity contribution in [3.8, 4) is 0 Å². The second-order valence-electron chi connectivity index (χ2n) is 3.46. The molecule has 0 aromatic carbocycles. The summed E-state index contributed by atoms with van der Waals surface area (Å²) in [6.45, 7) is 3.64. The van der Waals surface area contributed by atoms with E-state index >= 15 is 0 Å². The van der Waals surface area contributed by atoms with Crippen LogP contribution < -0.4 is 0 Å². The summed E-state index contributed by atoms with van der Waals surface area (Å²) in [7, 11) is 6.05. The summed E-state index contributed by atoms with van der Waals surface area (Å²) in [6.07, 6.45) is 0.207. The summed E-state index contributed by atoms with van der Waals surface area (Å²) in [4.78, 5) is 10.3. The average molecular weight is 175 g/mol. The molecular weight excluding hydrogens is 156 g/mol. The van der Waals surface area contributed by atoms with Crippen molar-refractivity contribution in [2.75, 3.05) is 34.2 Å². The van der Waals surface area contributed by atoms with Crippen molar-refractivity contribution < 1.29 is 14.5 Å². The summed E-state index contributed by atoms with van der Waals surface area (Å²) >= 11 is 0. The fourth-order valence-corrected chi connectivity index (χ4v) is 0.770. The Morgan fingerprint density at radius 2 is 2.00 bits per heavy atom. The van der Waals surface area contributed by atoms with E-state index in [4.69, 9.17) is 5.11 Å². The van der Waals surface area contributed by atoms with Gasteiger partial charge in [-0.1, -0.05) is 0 Å². The highest BCUT2D eigenvalue weighted by molar-refractivity contribution is 5.66. The van der Waals surface area contributed by atoms with E-state index < -0.39 is 5.97 Å². The van der Waals surface area contributed by atoms with Crippen LogP contribution in [0.15, 0.2) is 0 Å². The van der Waals surface area contributed by atoms with Crippen molar-refractivity contribution in [1.82, 2.24) is 5.01 Å². The first kappa shape index (κ1) is 11.4. The number of carboxylic acid groups (broad SMARTS) is 1. The SMILES string of the molecule is CC[N+](C)(C)N(C)CCC(=O)O. The van der Waals surface area contributed by atoms with Gasteiger partial charge in [0.1, 0.15) is 0 Å². The number of carbonyl (C=O) groups is 1. The molecule has 0 radical (unpaired) electrons. The van der Waals surface area contributed by atoms with Crippen LogP contribution in [0.3, 0.4) is 0 Å². The number of rotatable bonds is 5. The van der Waals surface area contributed by atoms with E-state index in [1.807, 2.05) is 12.1 Å². The highest BCUT2D eigenvalue weighted by Crippen LogP contribution is 2.02. The van der Waals surface area contributed by atoms with Gasteiger partial charge < -0.3 is 5.11 Å². The molecule has 0 unspecified atom stereocenters. The summed E-state index contributed by atoms with van der Waals surface area (Å²) in [6, 6.07) is 0. The minimum atomic E-state index is -0.738. The van der Waals surface area contributed by atoms with Crippen molar-refractivity contribution in [1.29, 1.82) is 0 Å². The first-order chi connectivity index (χ1) is 5.40. The van der Waals surface area contributed by atoms with Gasteiger partial charge in [-0.2, -0.15) is 5.01 Å². The number of carboxylic acids is 1. The second kappa shape index (κ2) is 4.42. The van der Waals surface area contributed by atoms with Gasteiger partial charge in [0.25, 0.3) is 0 Å². The van der Waals surface area contributed by atoms with E-state index in [0.717, 1.165) is 11.1 Å². The Morgan fingerprint density at radius 3 is 2.33 bits per heavy atom. The molecule has 72 valence electrons. The van der Waals surface area contributed by atoms with Crippen LogP contribution in [-0.4, -0.2) is 54.9 Å². The molecule has 4 nitrogen and oxygen atoms in total. The maximum atomic E-state index is 10.3. The molecule has 0 spiro atoms. The Morgan fingerprint density at radius 1 is 1.50 bits per heavy atom. The minimum Gasteiger partial charge on any atom is -0.481 e. The van der Waals surface area contributed by atoms with Gasteiger partial charge in [0, 0.05) is 7.05 Å². The first-order valence-electron chi connectivity index (χ1n) is 4.16. The van der Waals surface area contributed by atoms with Gasteiger partial charge in [-0.3, -0.25) is 4.79 Å². The molecule has 12 heavy (non-hydrogen) atoms. The fourth-order valence-electron chi connectivity index (χ4n) is 0.770. The number of quaternary nitrogens is 1. The molecule has 0 heterocycles. The van der Waals surface area contributed by atoms with E-state index in [0.29, 0.717) is 6.54 Å². The Kier molecular flexibility index (Phi) is 4.20. The first-order valence-corrected chi connectivity index (χ1v) is 4.16. The maximum Gasteiger partial charge on any atom is 0.304 e. The molecule has 0 aliphatic rings. The monoisotopic (exact) mass is 175 g/mol. The Balaban J connectivity index is 3.86. The van der Waals surface area contributed by atoms with Gasteiger partial charge in [0.2, 0.25) is 0 Å². The lowest BCUT2D eigenvalue weighted by molar-refractivity contribution is -0.998. The molecule has 0 saturated carbocycles. The van der Waals surface area contributed by atoms with Gasteiger partial charge in [0.15, 0.2) is 0 Å². The fraction of sp³-hybridized carbons (Fsp3) is 0.875. The molecule has 0 bridgehead atoms. The zero-order valence-corrected chi connectivity index (χ0v) is 8.37. The number of nitrogens with zero attached hydrogens (tertiary/aromatic N) is 2. The van der Waals surface area contributed by atoms with Crippen molar-refractivity contribution in [3.05, 3.63) is 0 Å². The third-order valence-electron chi connectivity index (χ3n) is 2.35. The van der Waals surface area contributed by atoms with Gasteiger partial charge in [-0.25, -0.2) is 4.59 Å². The normalized spacial score (nSPS) is 12.1. The largest absolute Gasteiger partial charge is 0.481 e. The Labute approximate surface area is 73.9 Å². The van der Waals surface area contributed by atoms with Crippen LogP contribution >= 0.6 is 0 Å². The highest BCUT2D eigenvalue weighted by atomic mass is 16.4. The lowest BCUT2D eigenvalue weighted by Gasteiger charge is -2.36. The molecule has 0 aromatic rings. The zero-order valence-electron chi connectivity index (χ0n) is 8.37. The molecule has 0 fully saturated rings. The Hall–Kier alpha value is -0.610. The predicted octanol–water partition coefficient (Wildman–Crippen LogP) is 0.404. The topological polar surface area (TPSA) is 40.5 Å². The summed E-state index contributed by atoms with van der Waals surface area (Å²) < 4.78 is 0.729. The molecule has 0 saturated heterocycles. The summed E-state index contributed by atoms with van der Waals surface area (Å²) in [5.74, 6) is -0.738. The summed E-state index contributed by atoms with van der Waals surface area (Å²) in [5.41, 5.74) is 0. The lowest BCUT2D eigenvalue weighted by atomic mass is 10.4. The Bertz CT molecular complexity index is 157. The highest BCUT2D eigenvalue weighted by Gasteiger charge is 2.19. The van der Waals surface area contributed by atoms with Gasteiger partial charge >= 0.3 is 5.97 Å². The average Bonchev–Trinajstić information content (AvgIpc) is 2.00. The van der Waals surface area contributed by atoms with Crippen LogP contribution in [0.2, 0.25) is 0 Å². The molecule has 4 heteroatoms. The molecule has 0 aliphatic heterocycles. The minimum absolute atomic E-state index is 0.207. The van der Waals surface area contributed by atoms with E-state index in [2.05, 4.69) is 21.0 Å². The molecule has 0 amide bonds. The van der Waals surface area contributed by atoms with Crippen molar-refractivity contribution in [2.24, 2.45) is 0 Å². The van der Waals surface area contributed by atoms with E-state index in [-0.39, 0.29) is 6.42 Å². The maximum absolute atomic E-state index is 10.3. The molecule has 1 N–H and O–H groups in total. The van der Waals surface area contributed by atoms with E-state index in [1.165, 1.54) is 0 Å². The van der Waals surface area contributed by atoms with Crippen molar-refractivity contribution in [2.45, 2.75) is 13.3 Å². The van der Waals surface area contributed by atoms with Crippen LogP contribution in [0.1, 0.15) is 13.3 Å². The standard InChI is InChI=1S/C8H18N2O2/c1-5-10(3,4)9(2)7-6-8(11)12/h5-7H2,1-4H3/p+1. The van der Waals surface area contributed by atoms with Gasteiger partial charge in [-0.15, -0.1) is 0 Å². The third kappa shape index (κ3) is 3.69. The van der Waals surface area contributed by atoms with Crippen molar-refractivity contribution in [3.63, 3.8) is 0 Å². The zero-order chi connectivity index (χ0) is 9.78. The van der Waals surface area contributed by atoms with Gasteiger partial charge in [0.05, 0.1) is 33.6 Å². The van der Waals surface area contributed by atoms with Crippen LogP contribution in [0.4, 0.5) is 0 Å². The lowest BCUT2D eigenvalue weighted by Crippen LogP contribution is -2.52. The van der Waals surface area contributed by atoms with Gasteiger partial charge in [-0.05, 0) is 6.92 Å².